The van der Waals surface area contributed by atoms with Crippen LogP contribution in [0.1, 0.15) is 50.5 Å². The van der Waals surface area contributed by atoms with Gasteiger partial charge in [0, 0.05) is 38.0 Å². The molecule has 0 radical (unpaired) electrons. The number of amides is 2. The van der Waals surface area contributed by atoms with Gasteiger partial charge in [0.2, 0.25) is 11.8 Å². The molecule has 5 heteroatoms. The number of hydrogen-bond donors (Lipinski definition) is 1. The molecule has 4 rings (SSSR count). The molecule has 1 N–H and O–H groups in total. The molecule has 1 unspecified atom stereocenters. The summed E-state index contributed by atoms with van der Waals surface area (Å²) in [5, 5.41) is 9.41. The average molecular weight is 385 g/mol. The number of rotatable bonds is 4. The molecule has 0 spiro atoms. The third-order valence-electron chi connectivity index (χ3n) is 6.92. The minimum atomic E-state index is 0.0834. The summed E-state index contributed by atoms with van der Waals surface area (Å²) in [5.74, 6) is 1.74. The standard InChI is InChI=1S/C23H32N2O3/c26-21-7-5-17(6-8-21)15-18-9-12-25(16-18)23(28)20-10-13-24(14-11-20)22(27)19-3-1-2-4-19/h5-8,18-20,26H,1-4,9-16H2. The summed E-state index contributed by atoms with van der Waals surface area (Å²) in [6, 6.07) is 7.40. The van der Waals surface area contributed by atoms with Crippen LogP contribution in [0, 0.1) is 17.8 Å². The van der Waals surface area contributed by atoms with Gasteiger partial charge in [0.1, 0.15) is 5.75 Å². The van der Waals surface area contributed by atoms with Gasteiger partial charge in [-0.25, -0.2) is 0 Å². The molecule has 5 nitrogen and oxygen atoms in total. The maximum atomic E-state index is 13.0. The lowest BCUT2D eigenvalue weighted by molar-refractivity contribution is -0.142. The summed E-state index contributed by atoms with van der Waals surface area (Å²) in [4.78, 5) is 29.6. The summed E-state index contributed by atoms with van der Waals surface area (Å²) in [6.07, 6.45) is 8.11. The Bertz CT molecular complexity index is 688. The van der Waals surface area contributed by atoms with Gasteiger partial charge in [-0.15, -0.1) is 0 Å². The number of benzene rings is 1. The first-order valence-corrected chi connectivity index (χ1v) is 11.0. The van der Waals surface area contributed by atoms with Crippen molar-refractivity contribution in [2.24, 2.45) is 17.8 Å². The highest BCUT2D eigenvalue weighted by Crippen LogP contribution is 2.30. The van der Waals surface area contributed by atoms with Gasteiger partial charge in [-0.3, -0.25) is 9.59 Å². The summed E-state index contributed by atoms with van der Waals surface area (Å²) < 4.78 is 0. The number of phenols is 1. The lowest BCUT2D eigenvalue weighted by Crippen LogP contribution is -2.45. The molecule has 3 fully saturated rings. The highest BCUT2D eigenvalue weighted by Gasteiger charge is 2.35. The molecule has 0 aromatic heterocycles. The maximum absolute atomic E-state index is 13.0. The molecule has 152 valence electrons. The minimum Gasteiger partial charge on any atom is -0.508 e. The van der Waals surface area contributed by atoms with Crippen LogP contribution < -0.4 is 0 Å². The number of hydrogen-bond acceptors (Lipinski definition) is 3. The number of phenolic OH excluding ortho intramolecular Hbond substituents is 1. The zero-order valence-corrected chi connectivity index (χ0v) is 16.7. The van der Waals surface area contributed by atoms with Gasteiger partial charge >= 0.3 is 0 Å². The predicted octanol–water partition coefficient (Wildman–Crippen LogP) is 3.21. The van der Waals surface area contributed by atoms with Gasteiger partial charge < -0.3 is 14.9 Å². The van der Waals surface area contributed by atoms with Crippen LogP contribution in [-0.4, -0.2) is 52.9 Å². The van der Waals surface area contributed by atoms with Gasteiger partial charge in [-0.05, 0) is 62.1 Å². The highest BCUT2D eigenvalue weighted by atomic mass is 16.3. The smallest absolute Gasteiger partial charge is 0.225 e. The Morgan fingerprint density at radius 2 is 1.39 bits per heavy atom. The number of aromatic hydroxyl groups is 1. The Hall–Kier alpha value is -2.04. The SMILES string of the molecule is O=C(C1CCCC1)N1CCC(C(=O)N2CCC(Cc3ccc(O)cc3)C2)CC1. The normalized spacial score (nSPS) is 24.1. The van der Waals surface area contributed by atoms with E-state index in [4.69, 9.17) is 0 Å². The van der Waals surface area contributed by atoms with E-state index in [-0.39, 0.29) is 11.8 Å². The molecular weight excluding hydrogens is 352 g/mol. The van der Waals surface area contributed by atoms with Crippen LogP contribution in [0.15, 0.2) is 24.3 Å². The van der Waals surface area contributed by atoms with Crippen molar-refractivity contribution in [2.75, 3.05) is 26.2 Å². The van der Waals surface area contributed by atoms with Crippen LogP contribution in [0.3, 0.4) is 0 Å². The van der Waals surface area contributed by atoms with Crippen LogP contribution in [0.2, 0.25) is 0 Å². The van der Waals surface area contributed by atoms with Crippen LogP contribution in [0.5, 0.6) is 5.75 Å². The van der Waals surface area contributed by atoms with E-state index in [2.05, 4.69) is 0 Å². The second-order valence-corrected chi connectivity index (χ2v) is 8.89. The third kappa shape index (κ3) is 4.34. The van der Waals surface area contributed by atoms with E-state index < -0.39 is 0 Å². The van der Waals surface area contributed by atoms with Crippen LogP contribution in [0.25, 0.3) is 0 Å². The maximum Gasteiger partial charge on any atom is 0.225 e. The van der Waals surface area contributed by atoms with Crippen molar-refractivity contribution < 1.29 is 14.7 Å². The second-order valence-electron chi connectivity index (χ2n) is 8.89. The lowest BCUT2D eigenvalue weighted by Gasteiger charge is -2.34. The second kappa shape index (κ2) is 8.54. The molecule has 2 aliphatic heterocycles. The van der Waals surface area contributed by atoms with Crippen molar-refractivity contribution in [2.45, 2.75) is 51.4 Å². The third-order valence-corrected chi connectivity index (χ3v) is 6.92. The van der Waals surface area contributed by atoms with Crippen molar-refractivity contribution in [3.63, 3.8) is 0 Å². The van der Waals surface area contributed by atoms with Crippen LogP contribution >= 0.6 is 0 Å². The molecule has 1 aliphatic carbocycles. The molecule has 1 saturated carbocycles. The van der Waals surface area contributed by atoms with Gasteiger partial charge in [0.15, 0.2) is 0 Å². The Kier molecular flexibility index (Phi) is 5.88. The van der Waals surface area contributed by atoms with E-state index >= 15 is 0 Å². The molecule has 2 heterocycles. The van der Waals surface area contributed by atoms with Crippen LogP contribution in [0.4, 0.5) is 0 Å². The molecule has 2 amide bonds. The first-order chi connectivity index (χ1) is 13.6. The van der Waals surface area contributed by atoms with E-state index in [0.717, 1.165) is 64.7 Å². The quantitative estimate of drug-likeness (QED) is 0.867. The molecule has 2 saturated heterocycles. The van der Waals surface area contributed by atoms with Gasteiger partial charge in [-0.2, -0.15) is 0 Å². The predicted molar refractivity (Wildman–Crippen MR) is 108 cm³/mol. The van der Waals surface area contributed by atoms with Crippen molar-refractivity contribution in [3.05, 3.63) is 29.8 Å². The fourth-order valence-electron chi connectivity index (χ4n) is 5.20. The van der Waals surface area contributed by atoms with Crippen molar-refractivity contribution >= 4 is 11.8 Å². The number of nitrogens with zero attached hydrogens (tertiary/aromatic N) is 2. The van der Waals surface area contributed by atoms with E-state index in [9.17, 15) is 14.7 Å². The Labute approximate surface area is 167 Å². The number of piperidine rings is 1. The summed E-state index contributed by atoms with van der Waals surface area (Å²) in [5.41, 5.74) is 1.22. The largest absolute Gasteiger partial charge is 0.508 e. The average Bonchev–Trinajstić information content (AvgIpc) is 3.41. The van der Waals surface area contributed by atoms with Gasteiger partial charge in [-0.1, -0.05) is 25.0 Å². The topological polar surface area (TPSA) is 60.9 Å². The first-order valence-electron chi connectivity index (χ1n) is 11.0. The van der Waals surface area contributed by atoms with E-state index in [1.54, 1.807) is 12.1 Å². The molecule has 0 bridgehead atoms. The number of likely N-dealkylation sites (tertiary alicyclic amines) is 2. The zero-order chi connectivity index (χ0) is 19.5. The number of carbonyl (C=O) groups excluding carboxylic acids is 2. The summed E-state index contributed by atoms with van der Waals surface area (Å²) >= 11 is 0. The van der Waals surface area contributed by atoms with Gasteiger partial charge in [0.25, 0.3) is 0 Å². The fraction of sp³-hybridized carbons (Fsp3) is 0.652. The van der Waals surface area contributed by atoms with Crippen LogP contribution in [-0.2, 0) is 16.0 Å². The monoisotopic (exact) mass is 384 g/mol. The Morgan fingerprint density at radius 3 is 2.07 bits per heavy atom. The molecule has 1 aromatic carbocycles. The molecule has 1 atom stereocenters. The van der Waals surface area contributed by atoms with E-state index in [1.807, 2.05) is 21.9 Å². The minimum absolute atomic E-state index is 0.0834. The number of carbonyl (C=O) groups is 2. The molecule has 1 aromatic rings. The van der Waals surface area contributed by atoms with Crippen molar-refractivity contribution in [3.8, 4) is 5.75 Å². The summed E-state index contributed by atoms with van der Waals surface area (Å²) in [7, 11) is 0. The first kappa shape index (κ1) is 19.3. The van der Waals surface area contributed by atoms with E-state index in [1.165, 1.54) is 18.4 Å². The molecule has 3 aliphatic rings. The fourth-order valence-corrected chi connectivity index (χ4v) is 5.20. The highest BCUT2D eigenvalue weighted by molar-refractivity contribution is 5.81. The lowest BCUT2D eigenvalue weighted by atomic mass is 9.94. The Balaban J connectivity index is 1.24. The van der Waals surface area contributed by atoms with Crippen molar-refractivity contribution in [1.82, 2.24) is 9.80 Å². The van der Waals surface area contributed by atoms with Crippen molar-refractivity contribution in [1.29, 1.82) is 0 Å². The molecule has 28 heavy (non-hydrogen) atoms. The summed E-state index contributed by atoms with van der Waals surface area (Å²) in [6.45, 7) is 3.18. The van der Waals surface area contributed by atoms with Gasteiger partial charge in [0.05, 0.1) is 0 Å². The van der Waals surface area contributed by atoms with E-state index in [0.29, 0.717) is 23.5 Å². The Morgan fingerprint density at radius 1 is 0.821 bits per heavy atom. The zero-order valence-electron chi connectivity index (χ0n) is 16.7. The molecular formula is C23H32N2O3.